The first kappa shape index (κ1) is 32.6. The fraction of sp³-hybridized carbons (Fsp3) is 0.750. The van der Waals surface area contributed by atoms with Gasteiger partial charge in [-0.05, 0) is 38.1 Å². The monoisotopic (exact) mass is 607 g/mol. The molecule has 2 aliphatic heterocycles. The zero-order valence-corrected chi connectivity index (χ0v) is 25.7. The molecule has 2 heterocycles. The van der Waals surface area contributed by atoms with Crippen molar-refractivity contribution in [2.75, 3.05) is 113 Å². The number of hydrogen-bond acceptors (Lipinski definition) is 11. The van der Waals surface area contributed by atoms with E-state index < -0.39 is 0 Å². The lowest BCUT2D eigenvalue weighted by molar-refractivity contribution is -0.0818. The van der Waals surface area contributed by atoms with Crippen LogP contribution in [0.3, 0.4) is 0 Å². The molecule has 2 aliphatic carbocycles. The number of phenolic OH excluding ortho intramolecular Hbond substituents is 1. The van der Waals surface area contributed by atoms with E-state index in [1.54, 1.807) is 13.2 Å². The predicted molar refractivity (Wildman–Crippen MR) is 158 cm³/mol. The Kier molecular flexibility index (Phi) is 12.5. The van der Waals surface area contributed by atoms with Crippen molar-refractivity contribution in [2.24, 2.45) is 5.92 Å². The van der Waals surface area contributed by atoms with Crippen LogP contribution < -0.4 is 4.74 Å². The lowest BCUT2D eigenvalue weighted by Gasteiger charge is -2.56. The average molecular weight is 608 g/mol. The van der Waals surface area contributed by atoms with Crippen LogP contribution in [0.5, 0.6) is 11.5 Å². The second-order valence-electron chi connectivity index (χ2n) is 11.4. The molecule has 1 aromatic carbocycles. The summed E-state index contributed by atoms with van der Waals surface area (Å²) in [4.78, 5) is 2.48. The Balaban J connectivity index is 0.890. The average Bonchev–Trinajstić information content (AvgIpc) is 3.37. The Bertz CT molecular complexity index is 1020. The van der Waals surface area contributed by atoms with E-state index in [1.165, 1.54) is 11.1 Å². The minimum absolute atomic E-state index is 0.139. The van der Waals surface area contributed by atoms with Crippen LogP contribution >= 0.6 is 0 Å². The molecule has 242 valence electrons. The molecular weight excluding hydrogens is 558 g/mol. The van der Waals surface area contributed by atoms with Gasteiger partial charge in [-0.1, -0.05) is 18.2 Å². The standard InChI is InChI=1S/C32H49NO10/c1-33-8-7-32-25-4-6-28(31(32)43-30-27(34)5-3-24(29(30)32)23-26(25)33)42-22-21-41-20-19-40-18-17-39-16-15-38-14-13-37-12-11-36-10-9-35-2/h3-6,25-26,28,31,34H,7-23H2,1-2H3/t25?,26?,28-,31-,32-/m0/s1. The molecule has 5 atom stereocenters. The van der Waals surface area contributed by atoms with Crippen molar-refractivity contribution < 1.29 is 47.7 Å². The van der Waals surface area contributed by atoms with Gasteiger partial charge in [-0.25, -0.2) is 0 Å². The highest BCUT2D eigenvalue weighted by molar-refractivity contribution is 5.61. The number of methoxy groups -OCH3 is 1. The van der Waals surface area contributed by atoms with E-state index in [4.69, 9.17) is 42.6 Å². The van der Waals surface area contributed by atoms with Crippen molar-refractivity contribution in [2.45, 2.75) is 36.5 Å². The number of aromatic hydroxyl groups is 1. The third-order valence-electron chi connectivity index (χ3n) is 8.96. The summed E-state index contributed by atoms with van der Waals surface area (Å²) in [6.07, 6.45) is 6.16. The molecule has 43 heavy (non-hydrogen) atoms. The fourth-order valence-corrected chi connectivity index (χ4v) is 6.95. The molecule has 1 saturated heterocycles. The van der Waals surface area contributed by atoms with Gasteiger partial charge in [0.25, 0.3) is 0 Å². The molecule has 1 fully saturated rings. The van der Waals surface area contributed by atoms with Crippen LogP contribution in [0.15, 0.2) is 24.3 Å². The van der Waals surface area contributed by atoms with Gasteiger partial charge in [0, 0.05) is 30.0 Å². The van der Waals surface area contributed by atoms with Crippen LogP contribution in [0.25, 0.3) is 0 Å². The van der Waals surface area contributed by atoms with Gasteiger partial charge < -0.3 is 52.6 Å². The van der Waals surface area contributed by atoms with Crippen molar-refractivity contribution in [3.63, 3.8) is 0 Å². The molecule has 5 rings (SSSR count). The highest BCUT2D eigenvalue weighted by atomic mass is 16.6. The second-order valence-corrected chi connectivity index (χ2v) is 11.4. The first-order valence-corrected chi connectivity index (χ1v) is 15.6. The highest BCUT2D eigenvalue weighted by Gasteiger charge is 2.64. The van der Waals surface area contributed by atoms with Gasteiger partial charge in [0.2, 0.25) is 0 Å². The van der Waals surface area contributed by atoms with E-state index in [9.17, 15) is 5.11 Å². The van der Waals surface area contributed by atoms with Gasteiger partial charge in [0.05, 0.1) is 92.5 Å². The Hall–Kier alpha value is -1.80. The molecule has 0 amide bonds. The van der Waals surface area contributed by atoms with Crippen LogP contribution in [0.2, 0.25) is 0 Å². The molecule has 2 unspecified atom stereocenters. The van der Waals surface area contributed by atoms with Gasteiger partial charge in [-0.3, -0.25) is 0 Å². The number of rotatable bonds is 22. The molecule has 0 saturated carbocycles. The van der Waals surface area contributed by atoms with Crippen molar-refractivity contribution in [1.82, 2.24) is 4.90 Å². The molecule has 11 nitrogen and oxygen atoms in total. The summed E-state index contributed by atoms with van der Waals surface area (Å²) in [5.41, 5.74) is 2.38. The minimum atomic E-state index is -0.183. The van der Waals surface area contributed by atoms with Crippen LogP contribution in [0.1, 0.15) is 17.5 Å². The number of ether oxygens (including phenoxy) is 9. The molecule has 1 N–H and O–H groups in total. The van der Waals surface area contributed by atoms with Crippen LogP contribution in [0.4, 0.5) is 0 Å². The van der Waals surface area contributed by atoms with Crippen molar-refractivity contribution >= 4 is 0 Å². The van der Waals surface area contributed by atoms with Gasteiger partial charge in [0.1, 0.15) is 12.2 Å². The topological polar surface area (TPSA) is 107 Å². The van der Waals surface area contributed by atoms with Crippen molar-refractivity contribution in [1.29, 1.82) is 0 Å². The van der Waals surface area contributed by atoms with E-state index in [2.05, 4.69) is 30.2 Å². The van der Waals surface area contributed by atoms with Crippen LogP contribution in [0, 0.1) is 5.92 Å². The van der Waals surface area contributed by atoms with Crippen molar-refractivity contribution in [3.05, 3.63) is 35.4 Å². The Morgan fingerprint density at radius 2 is 1.35 bits per heavy atom. The molecule has 1 aromatic rings. The third-order valence-corrected chi connectivity index (χ3v) is 8.96. The maximum absolute atomic E-state index is 10.6. The molecule has 11 heteroatoms. The fourth-order valence-electron chi connectivity index (χ4n) is 6.95. The smallest absolute Gasteiger partial charge is 0.165 e. The molecule has 0 radical (unpaired) electrons. The van der Waals surface area contributed by atoms with Gasteiger partial charge in [-0.15, -0.1) is 0 Å². The van der Waals surface area contributed by atoms with E-state index in [-0.39, 0.29) is 23.4 Å². The Labute approximate surface area is 255 Å². The summed E-state index contributed by atoms with van der Waals surface area (Å²) in [5.74, 6) is 1.26. The predicted octanol–water partition coefficient (Wildman–Crippen LogP) is 1.97. The highest BCUT2D eigenvalue weighted by Crippen LogP contribution is 2.62. The number of likely N-dealkylation sites (tertiary alicyclic amines) is 1. The first-order chi connectivity index (χ1) is 21.2. The lowest BCUT2D eigenvalue weighted by atomic mass is 9.53. The summed E-state index contributed by atoms with van der Waals surface area (Å²) >= 11 is 0. The zero-order valence-electron chi connectivity index (χ0n) is 25.7. The Morgan fingerprint density at radius 1 is 0.791 bits per heavy atom. The number of benzene rings is 1. The summed E-state index contributed by atoms with van der Waals surface area (Å²) in [5, 5.41) is 10.6. The van der Waals surface area contributed by atoms with E-state index in [1.807, 2.05) is 0 Å². The van der Waals surface area contributed by atoms with Gasteiger partial charge in [-0.2, -0.15) is 0 Å². The summed E-state index contributed by atoms with van der Waals surface area (Å²) in [7, 11) is 3.87. The molecular formula is C32H49NO10. The summed E-state index contributed by atoms with van der Waals surface area (Å²) in [6.45, 7) is 8.35. The number of phenols is 1. The molecule has 4 aliphatic rings. The summed E-state index contributed by atoms with van der Waals surface area (Å²) < 4.78 is 50.8. The van der Waals surface area contributed by atoms with Gasteiger partial charge >= 0.3 is 0 Å². The number of hydrogen-bond donors (Lipinski definition) is 1. The lowest BCUT2D eigenvalue weighted by Crippen LogP contribution is -2.65. The largest absolute Gasteiger partial charge is 0.504 e. The Morgan fingerprint density at radius 3 is 1.93 bits per heavy atom. The van der Waals surface area contributed by atoms with E-state index in [0.717, 1.165) is 19.4 Å². The molecule has 0 aromatic heterocycles. The number of nitrogens with zero attached hydrogens (tertiary/aromatic N) is 1. The minimum Gasteiger partial charge on any atom is -0.504 e. The van der Waals surface area contributed by atoms with Crippen molar-refractivity contribution in [3.8, 4) is 11.5 Å². The maximum Gasteiger partial charge on any atom is 0.165 e. The van der Waals surface area contributed by atoms with Crippen LogP contribution in [-0.2, 0) is 49.7 Å². The molecule has 1 spiro atoms. The number of likely N-dealkylation sites (N-methyl/N-ethyl adjacent to an activating group) is 1. The normalized spacial score (nSPS) is 26.9. The first-order valence-electron chi connectivity index (χ1n) is 15.6. The third kappa shape index (κ3) is 7.71. The van der Waals surface area contributed by atoms with E-state index in [0.29, 0.717) is 110 Å². The maximum atomic E-state index is 10.6. The van der Waals surface area contributed by atoms with Crippen LogP contribution in [-0.4, -0.2) is 141 Å². The summed E-state index contributed by atoms with van der Waals surface area (Å²) in [6, 6.07) is 4.30. The van der Waals surface area contributed by atoms with E-state index >= 15 is 0 Å². The van der Waals surface area contributed by atoms with Gasteiger partial charge in [0.15, 0.2) is 11.5 Å². The number of piperidine rings is 1. The SMILES string of the molecule is COCCOCCOCCOCCOCCOCCOCCO[C@H]1C=CC2C3Cc4ccc(O)c5c4[C@@]2(CCN3C)[C@H]1O5. The zero-order chi connectivity index (χ0) is 29.9. The quantitative estimate of drug-likeness (QED) is 0.155. The molecule has 2 bridgehead atoms. The second kappa shape index (κ2) is 16.5.